The van der Waals surface area contributed by atoms with Crippen molar-refractivity contribution < 1.29 is 14.3 Å². The van der Waals surface area contributed by atoms with E-state index in [2.05, 4.69) is 9.73 Å². The molecule has 0 fully saturated rings. The minimum Gasteiger partial charge on any atom is -0.489 e. The summed E-state index contributed by atoms with van der Waals surface area (Å²) in [6.07, 6.45) is 1.79. The van der Waals surface area contributed by atoms with Gasteiger partial charge >= 0.3 is 5.97 Å². The van der Waals surface area contributed by atoms with Crippen LogP contribution in [0, 0.1) is 0 Å². The lowest BCUT2D eigenvalue weighted by Crippen LogP contribution is -2.02. The molecule has 0 spiro atoms. The van der Waals surface area contributed by atoms with Gasteiger partial charge in [-0.15, -0.1) is 0 Å². The number of aliphatic imine (C=N–C) groups is 1. The third-order valence-electron chi connectivity index (χ3n) is 3.85. The molecule has 0 aliphatic rings. The molecule has 0 saturated heterocycles. The zero-order chi connectivity index (χ0) is 19.1. The van der Waals surface area contributed by atoms with Gasteiger partial charge in [0.05, 0.1) is 18.4 Å². The number of hydrogen-bond donors (Lipinski definition) is 0. The van der Waals surface area contributed by atoms with E-state index in [4.69, 9.17) is 16.3 Å². The monoisotopic (exact) mass is 379 g/mol. The fraction of sp³-hybridized carbons (Fsp3) is 0.0909. The summed E-state index contributed by atoms with van der Waals surface area (Å²) in [6, 6.07) is 22.2. The zero-order valence-electron chi connectivity index (χ0n) is 14.8. The summed E-state index contributed by atoms with van der Waals surface area (Å²) in [5, 5.41) is 0.690. The van der Waals surface area contributed by atoms with Crippen molar-refractivity contribution in [2.45, 2.75) is 6.61 Å². The number of carbonyl (C=O) groups excluding carboxylic acids is 1. The molecule has 0 atom stereocenters. The molecule has 0 heterocycles. The number of rotatable bonds is 6. The van der Waals surface area contributed by atoms with Crippen LogP contribution in [0.4, 0.5) is 5.69 Å². The van der Waals surface area contributed by atoms with Gasteiger partial charge in [-0.25, -0.2) is 4.79 Å². The fourth-order valence-electron chi connectivity index (χ4n) is 2.35. The average molecular weight is 380 g/mol. The minimum atomic E-state index is -0.349. The summed E-state index contributed by atoms with van der Waals surface area (Å²) in [6.45, 7) is 0.416. The Labute approximate surface area is 163 Å². The van der Waals surface area contributed by atoms with E-state index < -0.39 is 0 Å². The van der Waals surface area contributed by atoms with Crippen LogP contribution in [-0.4, -0.2) is 19.3 Å². The summed E-state index contributed by atoms with van der Waals surface area (Å²) in [7, 11) is 1.36. The van der Waals surface area contributed by atoms with E-state index in [0.29, 0.717) is 17.2 Å². The molecule has 27 heavy (non-hydrogen) atoms. The van der Waals surface area contributed by atoms with E-state index in [1.165, 1.54) is 7.11 Å². The van der Waals surface area contributed by atoms with E-state index in [-0.39, 0.29) is 5.97 Å². The summed E-state index contributed by atoms with van der Waals surface area (Å²) in [4.78, 5) is 15.8. The van der Waals surface area contributed by atoms with Gasteiger partial charge in [0, 0.05) is 11.2 Å². The van der Waals surface area contributed by atoms with Crippen LogP contribution >= 0.6 is 11.6 Å². The number of ether oxygens (including phenoxy) is 2. The lowest BCUT2D eigenvalue weighted by atomic mass is 10.1. The molecular formula is C22H18ClNO3. The maximum Gasteiger partial charge on any atom is 0.337 e. The molecule has 5 heteroatoms. The normalized spacial score (nSPS) is 10.7. The van der Waals surface area contributed by atoms with Crippen LogP contribution in [0.2, 0.25) is 5.02 Å². The average Bonchev–Trinajstić information content (AvgIpc) is 2.72. The molecule has 136 valence electrons. The summed E-state index contributed by atoms with van der Waals surface area (Å²) in [5.74, 6) is 0.411. The predicted molar refractivity (Wildman–Crippen MR) is 107 cm³/mol. The molecule has 0 saturated carbocycles. The van der Waals surface area contributed by atoms with Crippen molar-refractivity contribution in [2.75, 3.05) is 7.11 Å². The summed E-state index contributed by atoms with van der Waals surface area (Å²) >= 11 is 5.86. The molecule has 0 aliphatic heterocycles. The number of esters is 1. The van der Waals surface area contributed by atoms with Gasteiger partial charge in [-0.1, -0.05) is 23.7 Å². The highest BCUT2D eigenvalue weighted by Crippen LogP contribution is 2.17. The largest absolute Gasteiger partial charge is 0.489 e. The lowest BCUT2D eigenvalue weighted by molar-refractivity contribution is 0.0600. The van der Waals surface area contributed by atoms with E-state index in [1.807, 2.05) is 60.7 Å². The molecule has 3 aromatic carbocycles. The second-order valence-corrected chi connectivity index (χ2v) is 6.22. The van der Waals surface area contributed by atoms with E-state index in [1.54, 1.807) is 18.3 Å². The first-order valence-electron chi connectivity index (χ1n) is 8.34. The Hall–Kier alpha value is -3.11. The van der Waals surface area contributed by atoms with Crippen molar-refractivity contribution in [1.82, 2.24) is 0 Å². The van der Waals surface area contributed by atoms with E-state index >= 15 is 0 Å². The Kier molecular flexibility index (Phi) is 6.23. The van der Waals surface area contributed by atoms with Gasteiger partial charge in [0.1, 0.15) is 12.4 Å². The third kappa shape index (κ3) is 5.43. The van der Waals surface area contributed by atoms with Crippen molar-refractivity contribution in [2.24, 2.45) is 4.99 Å². The summed E-state index contributed by atoms with van der Waals surface area (Å²) in [5.41, 5.74) is 3.30. The van der Waals surface area contributed by atoms with Gasteiger partial charge in [0.2, 0.25) is 0 Å². The van der Waals surface area contributed by atoms with Crippen molar-refractivity contribution in [3.63, 3.8) is 0 Å². The first kappa shape index (κ1) is 18.7. The Morgan fingerprint density at radius 1 is 0.963 bits per heavy atom. The molecule has 0 radical (unpaired) electrons. The molecule has 3 rings (SSSR count). The maximum atomic E-state index is 11.4. The van der Waals surface area contributed by atoms with Gasteiger partial charge < -0.3 is 9.47 Å². The molecule has 0 aromatic heterocycles. The minimum absolute atomic E-state index is 0.349. The smallest absolute Gasteiger partial charge is 0.337 e. The van der Waals surface area contributed by atoms with Crippen molar-refractivity contribution in [1.29, 1.82) is 0 Å². The van der Waals surface area contributed by atoms with Gasteiger partial charge in [-0.2, -0.15) is 0 Å². The standard InChI is InChI=1S/C22H18ClNO3/c1-26-22(25)18-6-2-17(3-7-18)15-27-21-12-4-16(5-13-21)14-24-20-10-8-19(23)9-11-20/h2-14H,15H2,1H3. The van der Waals surface area contributed by atoms with Gasteiger partial charge in [0.15, 0.2) is 0 Å². The molecule has 0 bridgehead atoms. The van der Waals surface area contributed by atoms with Gasteiger partial charge in [-0.05, 0) is 71.8 Å². The van der Waals surface area contributed by atoms with Crippen molar-refractivity contribution in [3.05, 3.63) is 94.5 Å². The number of hydrogen-bond acceptors (Lipinski definition) is 4. The number of benzene rings is 3. The second kappa shape index (κ2) is 9.01. The SMILES string of the molecule is COC(=O)c1ccc(COc2ccc(C=Nc3ccc(Cl)cc3)cc2)cc1. The first-order valence-corrected chi connectivity index (χ1v) is 8.71. The maximum absolute atomic E-state index is 11.4. The Morgan fingerprint density at radius 2 is 1.63 bits per heavy atom. The highest BCUT2D eigenvalue weighted by Gasteiger charge is 2.04. The molecular weight excluding hydrogens is 362 g/mol. The van der Waals surface area contributed by atoms with Crippen LogP contribution in [0.3, 0.4) is 0 Å². The van der Waals surface area contributed by atoms with Gasteiger partial charge in [0.25, 0.3) is 0 Å². The van der Waals surface area contributed by atoms with Crippen molar-refractivity contribution >= 4 is 29.5 Å². The molecule has 4 nitrogen and oxygen atoms in total. The summed E-state index contributed by atoms with van der Waals surface area (Å²) < 4.78 is 10.5. The van der Waals surface area contributed by atoms with Crippen LogP contribution in [0.5, 0.6) is 5.75 Å². The Bertz CT molecular complexity index is 917. The topological polar surface area (TPSA) is 47.9 Å². The molecule has 0 aliphatic carbocycles. The zero-order valence-corrected chi connectivity index (χ0v) is 15.5. The van der Waals surface area contributed by atoms with Gasteiger partial charge in [-0.3, -0.25) is 4.99 Å². The van der Waals surface area contributed by atoms with E-state index in [0.717, 1.165) is 22.6 Å². The fourth-order valence-corrected chi connectivity index (χ4v) is 2.47. The molecule has 0 amide bonds. The first-order chi connectivity index (χ1) is 13.1. The van der Waals surface area contributed by atoms with Crippen LogP contribution in [0.15, 0.2) is 77.8 Å². The number of methoxy groups -OCH3 is 1. The van der Waals surface area contributed by atoms with E-state index in [9.17, 15) is 4.79 Å². The number of nitrogens with zero attached hydrogens (tertiary/aromatic N) is 1. The third-order valence-corrected chi connectivity index (χ3v) is 4.10. The molecule has 3 aromatic rings. The highest BCUT2D eigenvalue weighted by molar-refractivity contribution is 6.30. The van der Waals surface area contributed by atoms with Crippen LogP contribution in [-0.2, 0) is 11.3 Å². The lowest BCUT2D eigenvalue weighted by Gasteiger charge is -2.07. The number of halogens is 1. The van der Waals surface area contributed by atoms with Crippen LogP contribution in [0.25, 0.3) is 0 Å². The predicted octanol–water partition coefficient (Wildman–Crippen LogP) is 5.46. The second-order valence-electron chi connectivity index (χ2n) is 5.78. The Morgan fingerprint density at radius 3 is 2.26 bits per heavy atom. The highest BCUT2D eigenvalue weighted by atomic mass is 35.5. The molecule has 0 unspecified atom stereocenters. The number of carbonyl (C=O) groups is 1. The van der Waals surface area contributed by atoms with Crippen LogP contribution in [0.1, 0.15) is 21.5 Å². The molecule has 0 N–H and O–H groups in total. The van der Waals surface area contributed by atoms with Crippen molar-refractivity contribution in [3.8, 4) is 5.75 Å². The van der Waals surface area contributed by atoms with Crippen LogP contribution < -0.4 is 4.74 Å². The Balaban J connectivity index is 1.56. The quantitative estimate of drug-likeness (QED) is 0.422.